The topological polar surface area (TPSA) is 98.4 Å². The third-order valence-electron chi connectivity index (χ3n) is 3.97. The van der Waals surface area contributed by atoms with Crippen molar-refractivity contribution in [3.8, 4) is 22.9 Å². The number of methoxy groups -OCH3 is 1. The molecule has 0 spiro atoms. The number of hydrogen-bond donors (Lipinski definition) is 1. The molecule has 0 bridgehead atoms. The van der Waals surface area contributed by atoms with Crippen molar-refractivity contribution >= 4 is 46.2 Å². The maximum absolute atomic E-state index is 9.85. The van der Waals surface area contributed by atoms with Crippen molar-refractivity contribution in [3.05, 3.63) is 56.8 Å². The summed E-state index contributed by atoms with van der Waals surface area (Å²) >= 11 is 8.55. The SMILES string of the molecule is [C-]#[N+]c1c(N)nc(SCc2csc(Cl)n2)c(C#N)c1-c1ccc(OCCOC)cc1. The van der Waals surface area contributed by atoms with Gasteiger partial charge in [-0.15, -0.1) is 11.3 Å². The summed E-state index contributed by atoms with van der Waals surface area (Å²) in [6.45, 7) is 8.44. The molecule has 152 valence electrons. The summed E-state index contributed by atoms with van der Waals surface area (Å²) in [5.41, 5.74) is 8.44. The number of halogens is 1. The minimum atomic E-state index is 0.0817. The van der Waals surface area contributed by atoms with Gasteiger partial charge in [0.15, 0.2) is 4.47 Å². The van der Waals surface area contributed by atoms with Crippen LogP contribution < -0.4 is 10.5 Å². The minimum Gasteiger partial charge on any atom is -0.491 e. The number of anilines is 1. The molecule has 2 N–H and O–H groups in total. The lowest BCUT2D eigenvalue weighted by Gasteiger charge is -2.13. The number of nitrogen functional groups attached to an aromatic ring is 1. The van der Waals surface area contributed by atoms with E-state index in [-0.39, 0.29) is 11.5 Å². The fourth-order valence-corrected chi connectivity index (χ4v) is 4.40. The Balaban J connectivity index is 1.97. The highest BCUT2D eigenvalue weighted by molar-refractivity contribution is 7.98. The summed E-state index contributed by atoms with van der Waals surface area (Å²) in [5.74, 6) is 1.22. The molecule has 0 unspecified atom stereocenters. The van der Waals surface area contributed by atoms with Crippen molar-refractivity contribution in [3.63, 3.8) is 0 Å². The Kier molecular flexibility index (Phi) is 7.50. The van der Waals surface area contributed by atoms with Gasteiger partial charge in [-0.1, -0.05) is 35.5 Å². The number of hydrogen-bond acceptors (Lipinski definition) is 8. The van der Waals surface area contributed by atoms with Gasteiger partial charge in [-0.2, -0.15) is 5.26 Å². The third-order valence-corrected chi connectivity index (χ3v) is 6.00. The summed E-state index contributed by atoms with van der Waals surface area (Å²) in [6, 6.07) is 9.33. The lowest BCUT2D eigenvalue weighted by Crippen LogP contribution is -2.04. The number of aromatic nitrogens is 2. The Hall–Kier alpha value is -2.82. The molecule has 0 saturated heterocycles. The van der Waals surface area contributed by atoms with Crippen molar-refractivity contribution in [2.24, 2.45) is 0 Å². The number of nitriles is 1. The van der Waals surface area contributed by atoms with Gasteiger partial charge in [0.25, 0.3) is 0 Å². The Morgan fingerprint density at radius 2 is 2.07 bits per heavy atom. The second kappa shape index (κ2) is 10.3. The van der Waals surface area contributed by atoms with Crippen LogP contribution in [0.2, 0.25) is 4.47 Å². The first-order chi connectivity index (χ1) is 14.6. The Labute approximate surface area is 187 Å². The lowest BCUT2D eigenvalue weighted by molar-refractivity contribution is 0.146. The first-order valence-electron chi connectivity index (χ1n) is 8.63. The lowest BCUT2D eigenvalue weighted by atomic mass is 10.00. The second-order valence-electron chi connectivity index (χ2n) is 5.87. The van der Waals surface area contributed by atoms with Crippen LogP contribution in [-0.2, 0) is 10.5 Å². The summed E-state index contributed by atoms with van der Waals surface area (Å²) in [7, 11) is 1.61. The van der Waals surface area contributed by atoms with E-state index >= 15 is 0 Å². The Bertz CT molecular complexity index is 1120. The molecule has 2 heterocycles. The molecular formula is C20H16ClN5O2S2. The standard InChI is InChI=1S/C20H16ClN5O2S2/c1-24-17-16(12-3-5-14(6-4-12)28-8-7-27-2)15(9-22)19(26-18(17)23)29-10-13-11-30-20(21)25-13/h3-6,11H,7-8,10H2,2H3,(H2,23,26). The summed E-state index contributed by atoms with van der Waals surface area (Å²) in [4.78, 5) is 12.0. The third kappa shape index (κ3) is 5.02. The van der Waals surface area contributed by atoms with Crippen molar-refractivity contribution in [1.29, 1.82) is 5.26 Å². The van der Waals surface area contributed by atoms with Crippen LogP contribution in [0.3, 0.4) is 0 Å². The van der Waals surface area contributed by atoms with Crippen molar-refractivity contribution in [2.75, 3.05) is 26.1 Å². The molecule has 0 atom stereocenters. The van der Waals surface area contributed by atoms with Crippen LogP contribution in [0.4, 0.5) is 11.5 Å². The fraction of sp³-hybridized carbons (Fsp3) is 0.200. The molecular weight excluding hydrogens is 442 g/mol. The first kappa shape index (κ1) is 21.9. The van der Waals surface area contributed by atoms with Crippen molar-refractivity contribution < 1.29 is 9.47 Å². The molecule has 0 aliphatic heterocycles. The zero-order valence-corrected chi connectivity index (χ0v) is 18.3. The van der Waals surface area contributed by atoms with Gasteiger partial charge in [0.05, 0.1) is 24.4 Å². The number of thioether (sulfide) groups is 1. The van der Waals surface area contributed by atoms with Gasteiger partial charge in [-0.25, -0.2) is 14.8 Å². The molecule has 3 rings (SSSR count). The fourth-order valence-electron chi connectivity index (χ4n) is 2.63. The molecule has 10 heteroatoms. The molecule has 0 aliphatic rings. The van der Waals surface area contributed by atoms with E-state index in [2.05, 4.69) is 20.9 Å². The van der Waals surface area contributed by atoms with Crippen LogP contribution in [-0.4, -0.2) is 30.3 Å². The van der Waals surface area contributed by atoms with Gasteiger partial charge in [0, 0.05) is 23.8 Å². The van der Waals surface area contributed by atoms with E-state index in [1.165, 1.54) is 23.1 Å². The van der Waals surface area contributed by atoms with E-state index in [4.69, 9.17) is 33.4 Å². The zero-order chi connectivity index (χ0) is 21.5. The molecule has 0 radical (unpaired) electrons. The molecule has 0 amide bonds. The van der Waals surface area contributed by atoms with Gasteiger partial charge < -0.3 is 15.2 Å². The average molecular weight is 458 g/mol. The van der Waals surface area contributed by atoms with Gasteiger partial charge in [-0.05, 0) is 17.7 Å². The van der Waals surface area contributed by atoms with Crippen LogP contribution in [0.5, 0.6) is 5.75 Å². The number of pyridine rings is 1. The summed E-state index contributed by atoms with van der Waals surface area (Å²) in [6.07, 6.45) is 0. The monoisotopic (exact) mass is 457 g/mol. The van der Waals surface area contributed by atoms with Crippen LogP contribution in [0.25, 0.3) is 16.0 Å². The van der Waals surface area contributed by atoms with E-state index in [9.17, 15) is 5.26 Å². The van der Waals surface area contributed by atoms with Crippen LogP contribution in [0.15, 0.2) is 34.7 Å². The zero-order valence-electron chi connectivity index (χ0n) is 15.9. The quantitative estimate of drug-likeness (QED) is 0.282. The van der Waals surface area contributed by atoms with Crippen LogP contribution in [0.1, 0.15) is 11.3 Å². The van der Waals surface area contributed by atoms with Gasteiger partial charge >= 0.3 is 0 Å². The predicted octanol–water partition coefficient (Wildman–Crippen LogP) is 5.18. The van der Waals surface area contributed by atoms with Crippen molar-refractivity contribution in [1.82, 2.24) is 9.97 Å². The molecule has 0 aliphatic carbocycles. The number of ether oxygens (including phenoxy) is 2. The van der Waals surface area contributed by atoms with Gasteiger partial charge in [-0.3, -0.25) is 0 Å². The highest BCUT2D eigenvalue weighted by Crippen LogP contribution is 2.42. The normalized spacial score (nSPS) is 10.4. The van der Waals surface area contributed by atoms with E-state index in [0.717, 1.165) is 5.69 Å². The Morgan fingerprint density at radius 1 is 1.30 bits per heavy atom. The largest absolute Gasteiger partial charge is 0.491 e. The number of nitrogens with two attached hydrogens (primary N) is 1. The molecule has 0 fully saturated rings. The second-order valence-corrected chi connectivity index (χ2v) is 8.27. The predicted molar refractivity (Wildman–Crippen MR) is 119 cm³/mol. The maximum atomic E-state index is 9.85. The summed E-state index contributed by atoms with van der Waals surface area (Å²) in [5, 5.41) is 12.1. The number of benzene rings is 1. The average Bonchev–Trinajstić information content (AvgIpc) is 3.17. The number of rotatable bonds is 8. The number of nitrogens with zero attached hydrogens (tertiary/aromatic N) is 4. The summed E-state index contributed by atoms with van der Waals surface area (Å²) < 4.78 is 11.0. The van der Waals surface area contributed by atoms with E-state index < -0.39 is 0 Å². The molecule has 3 aromatic rings. The molecule has 2 aromatic heterocycles. The Morgan fingerprint density at radius 3 is 2.67 bits per heavy atom. The van der Waals surface area contributed by atoms with E-state index in [1.807, 2.05) is 5.38 Å². The van der Waals surface area contributed by atoms with Gasteiger partial charge in [0.1, 0.15) is 29.3 Å². The molecule has 30 heavy (non-hydrogen) atoms. The minimum absolute atomic E-state index is 0.0817. The number of thiazole rings is 1. The van der Waals surface area contributed by atoms with Crippen molar-refractivity contribution in [2.45, 2.75) is 10.8 Å². The van der Waals surface area contributed by atoms with Crippen LogP contribution >= 0.6 is 34.7 Å². The van der Waals surface area contributed by atoms with Gasteiger partial charge in [0.2, 0.25) is 5.69 Å². The van der Waals surface area contributed by atoms with Crippen LogP contribution in [0, 0.1) is 17.9 Å². The van der Waals surface area contributed by atoms with E-state index in [1.54, 1.807) is 31.4 Å². The molecule has 7 nitrogen and oxygen atoms in total. The highest BCUT2D eigenvalue weighted by Gasteiger charge is 2.21. The molecule has 1 aromatic carbocycles. The molecule has 0 saturated carbocycles. The first-order valence-corrected chi connectivity index (χ1v) is 10.9. The van der Waals surface area contributed by atoms with E-state index in [0.29, 0.717) is 50.9 Å². The smallest absolute Gasteiger partial charge is 0.236 e. The highest BCUT2D eigenvalue weighted by atomic mass is 35.5. The maximum Gasteiger partial charge on any atom is 0.236 e.